The van der Waals surface area contributed by atoms with Crippen molar-refractivity contribution in [2.24, 2.45) is 5.92 Å². The number of halogens is 2. The molecule has 1 aromatic heterocycles. The first-order valence-electron chi connectivity index (χ1n) is 9.12. The van der Waals surface area contributed by atoms with Gasteiger partial charge in [-0.25, -0.2) is 17.6 Å². The van der Waals surface area contributed by atoms with E-state index in [-0.39, 0.29) is 27.3 Å². The number of rotatable bonds is 6. The molecular weight excluding hydrogens is 441 g/mol. The number of thiophene rings is 1. The van der Waals surface area contributed by atoms with Gasteiger partial charge in [0.05, 0.1) is 16.5 Å². The molecule has 6 nitrogen and oxygen atoms in total. The molecule has 0 spiro atoms. The van der Waals surface area contributed by atoms with Crippen molar-refractivity contribution in [3.8, 4) is 0 Å². The minimum absolute atomic E-state index is 0.0489. The minimum atomic E-state index is -3.16. The maximum atomic E-state index is 13.4. The minimum Gasteiger partial charge on any atom is -0.451 e. The highest BCUT2D eigenvalue weighted by molar-refractivity contribution is 7.91. The van der Waals surface area contributed by atoms with Crippen LogP contribution >= 0.6 is 22.9 Å². The van der Waals surface area contributed by atoms with Gasteiger partial charge >= 0.3 is 5.97 Å². The van der Waals surface area contributed by atoms with E-state index in [0.29, 0.717) is 23.1 Å². The van der Waals surface area contributed by atoms with Crippen LogP contribution in [0.25, 0.3) is 10.1 Å². The molecule has 158 valence electrons. The number of hydrogen-bond donors (Lipinski definition) is 0. The highest BCUT2D eigenvalue weighted by Crippen LogP contribution is 2.36. The number of nitrogens with zero attached hydrogens (tertiary/aromatic N) is 1. The Bertz CT molecular complexity index is 1050. The molecule has 0 bridgehead atoms. The maximum absolute atomic E-state index is 13.4. The summed E-state index contributed by atoms with van der Waals surface area (Å²) in [6.07, 6.45) is 0.377. The molecule has 0 N–H and O–H groups in total. The van der Waals surface area contributed by atoms with Gasteiger partial charge in [-0.1, -0.05) is 25.4 Å². The topological polar surface area (TPSA) is 80.8 Å². The van der Waals surface area contributed by atoms with Crippen LogP contribution in [0.2, 0.25) is 5.02 Å². The Kier molecular flexibility index (Phi) is 6.50. The first kappa shape index (κ1) is 22.0. The second kappa shape index (κ2) is 8.57. The van der Waals surface area contributed by atoms with Gasteiger partial charge in [-0.3, -0.25) is 4.79 Å². The van der Waals surface area contributed by atoms with Crippen molar-refractivity contribution >= 4 is 54.7 Å². The zero-order valence-corrected chi connectivity index (χ0v) is 18.4. The van der Waals surface area contributed by atoms with E-state index in [2.05, 4.69) is 0 Å². The van der Waals surface area contributed by atoms with Crippen molar-refractivity contribution in [3.05, 3.63) is 33.9 Å². The normalized spacial score (nSPS) is 18.3. The first-order chi connectivity index (χ1) is 13.6. The highest BCUT2D eigenvalue weighted by Gasteiger charge is 2.35. The fourth-order valence-corrected chi connectivity index (χ4v) is 6.47. The summed E-state index contributed by atoms with van der Waals surface area (Å²) in [6, 6.07) is 3.60. The standard InChI is InChI=1S/C19H21ClFNO5S2/c1-11(2)8-22(13-5-6-29(25,26)10-13)16(23)9-27-19(24)18-17(20)14-4-3-12(21)7-15(14)28-18/h3-4,7,11,13H,5-6,8-10H2,1-2H3. The maximum Gasteiger partial charge on any atom is 0.350 e. The molecule has 0 saturated carbocycles. The summed E-state index contributed by atoms with van der Waals surface area (Å²) in [5.74, 6) is -1.56. The molecule has 1 aliphatic rings. The number of hydrogen-bond acceptors (Lipinski definition) is 6. The van der Waals surface area contributed by atoms with Crippen LogP contribution in [0.5, 0.6) is 0 Å². The predicted molar refractivity (Wildman–Crippen MR) is 111 cm³/mol. The zero-order chi connectivity index (χ0) is 21.3. The van der Waals surface area contributed by atoms with Crippen LogP contribution < -0.4 is 0 Å². The SMILES string of the molecule is CC(C)CN(C(=O)COC(=O)c1sc2cc(F)ccc2c1Cl)C1CCS(=O)(=O)C1. The number of esters is 1. The average Bonchev–Trinajstić information content (AvgIpc) is 3.16. The molecule has 1 aliphatic heterocycles. The number of carbonyl (C=O) groups excluding carboxylic acids is 2. The second-order valence-corrected chi connectivity index (χ2v) is 11.1. The number of amides is 1. The molecule has 29 heavy (non-hydrogen) atoms. The van der Waals surface area contributed by atoms with Crippen LogP contribution in [0.4, 0.5) is 4.39 Å². The summed E-state index contributed by atoms with van der Waals surface area (Å²) in [4.78, 5) is 26.7. The average molecular weight is 462 g/mol. The van der Waals surface area contributed by atoms with Crippen LogP contribution in [0, 0.1) is 11.7 Å². The number of ether oxygens (including phenoxy) is 1. The fourth-order valence-electron chi connectivity index (χ4n) is 3.32. The molecule has 10 heteroatoms. The van der Waals surface area contributed by atoms with Crippen LogP contribution in [-0.2, 0) is 19.4 Å². The molecule has 2 aromatic rings. The number of sulfone groups is 1. The van der Waals surface area contributed by atoms with Crippen molar-refractivity contribution in [1.82, 2.24) is 4.90 Å². The van der Waals surface area contributed by atoms with E-state index in [4.69, 9.17) is 16.3 Å². The lowest BCUT2D eigenvalue weighted by Crippen LogP contribution is -2.45. The van der Waals surface area contributed by atoms with Gasteiger partial charge in [-0.05, 0) is 30.5 Å². The van der Waals surface area contributed by atoms with E-state index in [9.17, 15) is 22.4 Å². The van der Waals surface area contributed by atoms with Crippen LogP contribution in [0.15, 0.2) is 18.2 Å². The van der Waals surface area contributed by atoms with Gasteiger partial charge in [0.25, 0.3) is 5.91 Å². The summed E-state index contributed by atoms with van der Waals surface area (Å²) in [7, 11) is -3.16. The summed E-state index contributed by atoms with van der Waals surface area (Å²) in [5, 5.41) is 0.692. The quantitative estimate of drug-likeness (QED) is 0.615. The fraction of sp³-hybridized carbons (Fsp3) is 0.474. The number of fused-ring (bicyclic) bond motifs is 1. The van der Waals surface area contributed by atoms with Crippen LogP contribution in [-0.4, -0.2) is 55.9 Å². The predicted octanol–water partition coefficient (Wildman–Crippen LogP) is 3.52. The molecular formula is C19H21ClFNO5S2. The molecule has 0 radical (unpaired) electrons. The van der Waals surface area contributed by atoms with Crippen molar-refractivity contribution in [2.45, 2.75) is 26.3 Å². The molecule has 0 aliphatic carbocycles. The van der Waals surface area contributed by atoms with Crippen molar-refractivity contribution in [1.29, 1.82) is 0 Å². The summed E-state index contributed by atoms with van der Waals surface area (Å²) in [6.45, 7) is 3.71. The monoisotopic (exact) mass is 461 g/mol. The Morgan fingerprint density at radius 1 is 1.38 bits per heavy atom. The van der Waals surface area contributed by atoms with Gasteiger partial charge in [-0.2, -0.15) is 0 Å². The smallest absolute Gasteiger partial charge is 0.350 e. The third kappa shape index (κ3) is 5.07. The second-order valence-electron chi connectivity index (χ2n) is 7.46. The molecule has 3 rings (SSSR count). The van der Waals surface area contributed by atoms with E-state index in [1.807, 2.05) is 13.8 Å². The Morgan fingerprint density at radius 3 is 2.72 bits per heavy atom. The lowest BCUT2D eigenvalue weighted by Gasteiger charge is -2.29. The van der Waals surface area contributed by atoms with E-state index in [0.717, 1.165) is 11.3 Å². The van der Waals surface area contributed by atoms with E-state index in [1.54, 1.807) is 0 Å². The molecule has 1 unspecified atom stereocenters. The van der Waals surface area contributed by atoms with E-state index >= 15 is 0 Å². The summed E-state index contributed by atoms with van der Waals surface area (Å²) >= 11 is 7.20. The number of benzene rings is 1. The molecule has 1 atom stereocenters. The van der Waals surface area contributed by atoms with Gasteiger partial charge in [-0.15, -0.1) is 11.3 Å². The number of carbonyl (C=O) groups is 2. The highest BCUT2D eigenvalue weighted by atomic mass is 35.5. The summed E-state index contributed by atoms with van der Waals surface area (Å²) in [5.41, 5.74) is 0. The van der Waals surface area contributed by atoms with Gasteiger partial charge in [0.2, 0.25) is 0 Å². The molecule has 1 saturated heterocycles. The Hall–Kier alpha value is -1.71. The largest absolute Gasteiger partial charge is 0.451 e. The lowest BCUT2D eigenvalue weighted by molar-refractivity contribution is -0.137. The van der Waals surface area contributed by atoms with Crippen molar-refractivity contribution < 1.29 is 27.1 Å². The Balaban J connectivity index is 1.71. The van der Waals surface area contributed by atoms with Crippen LogP contribution in [0.3, 0.4) is 0 Å². The first-order valence-corrected chi connectivity index (χ1v) is 12.1. The third-order valence-electron chi connectivity index (χ3n) is 4.63. The van der Waals surface area contributed by atoms with E-state index in [1.165, 1.54) is 23.1 Å². The molecule has 1 aromatic carbocycles. The van der Waals surface area contributed by atoms with Crippen molar-refractivity contribution in [3.63, 3.8) is 0 Å². The van der Waals surface area contributed by atoms with Crippen LogP contribution in [0.1, 0.15) is 29.9 Å². The van der Waals surface area contributed by atoms with Crippen molar-refractivity contribution in [2.75, 3.05) is 24.7 Å². The molecule has 1 amide bonds. The zero-order valence-electron chi connectivity index (χ0n) is 16.0. The van der Waals surface area contributed by atoms with Gasteiger partial charge in [0, 0.05) is 22.7 Å². The molecule has 2 heterocycles. The van der Waals surface area contributed by atoms with E-state index < -0.39 is 40.2 Å². The summed E-state index contributed by atoms with van der Waals surface area (Å²) < 4.78 is 42.6. The Labute approximate surface area is 177 Å². The van der Waals surface area contributed by atoms with Gasteiger partial charge < -0.3 is 9.64 Å². The lowest BCUT2D eigenvalue weighted by atomic mass is 10.1. The Morgan fingerprint density at radius 2 is 2.10 bits per heavy atom. The third-order valence-corrected chi connectivity index (χ3v) is 8.02. The van der Waals surface area contributed by atoms with Gasteiger partial charge in [0.15, 0.2) is 16.4 Å². The van der Waals surface area contributed by atoms with Gasteiger partial charge in [0.1, 0.15) is 10.7 Å². The molecule has 1 fully saturated rings.